The summed E-state index contributed by atoms with van der Waals surface area (Å²) < 4.78 is 0. The van der Waals surface area contributed by atoms with Crippen LogP contribution in [0.1, 0.15) is 20.3 Å². The topological polar surface area (TPSA) is 45.0 Å². The second kappa shape index (κ2) is 4.26. The Labute approximate surface area is 94.3 Å². The molecule has 0 N–H and O–H groups in total. The van der Waals surface area contributed by atoms with Gasteiger partial charge in [-0.05, 0) is 19.1 Å². The normalized spacial score (nSPS) is 17.8. The molecule has 0 bridgehead atoms. The molecule has 4 heteroatoms. The molecule has 0 unspecified atom stereocenters. The van der Waals surface area contributed by atoms with Crippen molar-refractivity contribution in [1.29, 1.82) is 0 Å². The van der Waals surface area contributed by atoms with E-state index >= 15 is 0 Å². The van der Waals surface area contributed by atoms with E-state index in [2.05, 4.69) is 10.1 Å². The van der Waals surface area contributed by atoms with Gasteiger partial charge in [-0.25, -0.2) is 5.01 Å². The van der Waals surface area contributed by atoms with Crippen LogP contribution in [0.4, 0.5) is 5.69 Å². The van der Waals surface area contributed by atoms with Gasteiger partial charge < -0.3 is 0 Å². The number of nitrogens with zero attached hydrogens (tertiary/aromatic N) is 3. The van der Waals surface area contributed by atoms with Crippen molar-refractivity contribution < 1.29 is 4.79 Å². The van der Waals surface area contributed by atoms with E-state index in [9.17, 15) is 4.79 Å². The minimum atomic E-state index is -0.194. The number of amidine groups is 1. The number of anilines is 1. The fourth-order valence-electron chi connectivity index (χ4n) is 1.61. The molecule has 0 fully saturated rings. The van der Waals surface area contributed by atoms with Crippen LogP contribution >= 0.6 is 0 Å². The molecular formula is C12H13N3O. The van der Waals surface area contributed by atoms with Gasteiger partial charge in [0.05, 0.1) is 5.69 Å². The van der Waals surface area contributed by atoms with Gasteiger partial charge in [0.15, 0.2) is 0 Å². The smallest absolute Gasteiger partial charge is 0.244 e. The third kappa shape index (κ3) is 2.16. The Morgan fingerprint density at radius 2 is 2.06 bits per heavy atom. The number of benzene rings is 1. The van der Waals surface area contributed by atoms with Crippen LogP contribution in [0.15, 0.2) is 40.4 Å². The molecule has 82 valence electrons. The molecule has 0 radical (unpaired) electrons. The third-order valence-electron chi connectivity index (χ3n) is 2.22. The number of hydrogen-bond acceptors (Lipinski definition) is 2. The van der Waals surface area contributed by atoms with Gasteiger partial charge in [0.25, 0.3) is 0 Å². The van der Waals surface area contributed by atoms with Crippen LogP contribution in [-0.2, 0) is 4.79 Å². The number of amides is 1. The predicted molar refractivity (Wildman–Crippen MR) is 64.8 cm³/mol. The van der Waals surface area contributed by atoms with Crippen molar-refractivity contribution in [3.05, 3.63) is 30.3 Å². The first-order chi connectivity index (χ1) is 7.66. The SMILES string of the molecule is CC(=O)N=C1CC(C)=NN1c1ccccc1. The fraction of sp³-hybridized carbons (Fsp3) is 0.250. The molecule has 2 rings (SSSR count). The molecule has 1 aromatic rings. The monoisotopic (exact) mass is 215 g/mol. The lowest BCUT2D eigenvalue weighted by molar-refractivity contribution is -0.115. The summed E-state index contributed by atoms with van der Waals surface area (Å²) in [5, 5.41) is 6.08. The van der Waals surface area contributed by atoms with Crippen molar-refractivity contribution in [3.8, 4) is 0 Å². The number of hydrogen-bond donors (Lipinski definition) is 0. The molecular weight excluding hydrogens is 202 g/mol. The first-order valence-corrected chi connectivity index (χ1v) is 5.14. The Hall–Kier alpha value is -1.97. The molecule has 0 saturated heterocycles. The molecule has 0 spiro atoms. The first kappa shape index (κ1) is 10.5. The summed E-state index contributed by atoms with van der Waals surface area (Å²) in [5.74, 6) is 0.497. The Bertz CT molecular complexity index is 462. The van der Waals surface area contributed by atoms with Crippen LogP contribution in [-0.4, -0.2) is 17.5 Å². The van der Waals surface area contributed by atoms with Crippen molar-refractivity contribution in [2.45, 2.75) is 20.3 Å². The molecule has 0 saturated carbocycles. The average Bonchev–Trinajstić information content (AvgIpc) is 2.60. The highest BCUT2D eigenvalue weighted by Gasteiger charge is 2.21. The highest BCUT2D eigenvalue weighted by molar-refractivity contribution is 6.17. The number of carbonyl (C=O) groups is 1. The number of carbonyl (C=O) groups excluding carboxylic acids is 1. The summed E-state index contributed by atoms with van der Waals surface area (Å²) in [7, 11) is 0. The zero-order valence-corrected chi connectivity index (χ0v) is 9.34. The lowest BCUT2D eigenvalue weighted by Crippen LogP contribution is -2.21. The van der Waals surface area contributed by atoms with Crippen molar-refractivity contribution in [2.75, 3.05) is 5.01 Å². The molecule has 1 amide bonds. The van der Waals surface area contributed by atoms with Gasteiger partial charge in [0.2, 0.25) is 5.91 Å². The van der Waals surface area contributed by atoms with Crippen molar-refractivity contribution in [2.24, 2.45) is 10.1 Å². The molecule has 1 heterocycles. The maximum Gasteiger partial charge on any atom is 0.244 e. The van der Waals surface area contributed by atoms with Gasteiger partial charge in [0, 0.05) is 19.1 Å². The maximum atomic E-state index is 11.0. The standard InChI is InChI=1S/C12H13N3O/c1-9-8-12(13-10(2)16)15(14-9)11-6-4-3-5-7-11/h3-7H,8H2,1-2H3. The lowest BCUT2D eigenvalue weighted by atomic mass is 10.2. The Kier molecular flexibility index (Phi) is 2.81. The van der Waals surface area contributed by atoms with Crippen LogP contribution in [0.25, 0.3) is 0 Å². The summed E-state index contributed by atoms with van der Waals surface area (Å²) in [6.45, 7) is 3.38. The molecule has 1 aromatic carbocycles. The molecule has 0 atom stereocenters. The van der Waals surface area contributed by atoms with E-state index in [4.69, 9.17) is 0 Å². The van der Waals surface area contributed by atoms with E-state index in [0.717, 1.165) is 11.4 Å². The van der Waals surface area contributed by atoms with E-state index in [-0.39, 0.29) is 5.91 Å². The minimum Gasteiger partial charge on any atom is -0.273 e. The zero-order valence-electron chi connectivity index (χ0n) is 9.34. The van der Waals surface area contributed by atoms with Gasteiger partial charge in [-0.3, -0.25) is 4.79 Å². The van der Waals surface area contributed by atoms with Gasteiger partial charge >= 0.3 is 0 Å². The number of hydrazone groups is 1. The van der Waals surface area contributed by atoms with Crippen LogP contribution in [0.2, 0.25) is 0 Å². The van der Waals surface area contributed by atoms with Crippen molar-refractivity contribution in [1.82, 2.24) is 0 Å². The molecule has 0 aromatic heterocycles. The van der Waals surface area contributed by atoms with Gasteiger partial charge in [-0.15, -0.1) is 0 Å². The Morgan fingerprint density at radius 1 is 1.38 bits per heavy atom. The lowest BCUT2D eigenvalue weighted by Gasteiger charge is -2.14. The Morgan fingerprint density at radius 3 is 2.69 bits per heavy atom. The zero-order chi connectivity index (χ0) is 11.5. The summed E-state index contributed by atoms with van der Waals surface area (Å²) in [6, 6.07) is 9.70. The Balaban J connectivity index is 2.35. The van der Waals surface area contributed by atoms with Crippen LogP contribution < -0.4 is 5.01 Å². The number of para-hydroxylation sites is 1. The highest BCUT2D eigenvalue weighted by atomic mass is 16.1. The molecule has 16 heavy (non-hydrogen) atoms. The van der Waals surface area contributed by atoms with Crippen LogP contribution in [0.3, 0.4) is 0 Å². The maximum absolute atomic E-state index is 11.0. The summed E-state index contributed by atoms with van der Waals surface area (Å²) >= 11 is 0. The summed E-state index contributed by atoms with van der Waals surface area (Å²) in [4.78, 5) is 15.0. The second-order valence-corrected chi connectivity index (χ2v) is 3.71. The van der Waals surface area contributed by atoms with E-state index in [1.54, 1.807) is 5.01 Å². The van der Waals surface area contributed by atoms with E-state index < -0.39 is 0 Å². The summed E-state index contributed by atoms with van der Waals surface area (Å²) in [6.07, 6.45) is 0.633. The third-order valence-corrected chi connectivity index (χ3v) is 2.22. The minimum absolute atomic E-state index is 0.194. The quantitative estimate of drug-likeness (QED) is 0.721. The van der Waals surface area contributed by atoms with Crippen LogP contribution in [0, 0.1) is 0 Å². The van der Waals surface area contributed by atoms with Crippen LogP contribution in [0.5, 0.6) is 0 Å². The second-order valence-electron chi connectivity index (χ2n) is 3.71. The molecule has 4 nitrogen and oxygen atoms in total. The van der Waals surface area contributed by atoms with Gasteiger partial charge in [-0.2, -0.15) is 10.1 Å². The largest absolute Gasteiger partial charge is 0.273 e. The molecule has 1 aliphatic heterocycles. The molecule has 0 aliphatic carbocycles. The first-order valence-electron chi connectivity index (χ1n) is 5.14. The molecule has 1 aliphatic rings. The van der Waals surface area contributed by atoms with Gasteiger partial charge in [-0.1, -0.05) is 18.2 Å². The van der Waals surface area contributed by atoms with E-state index in [1.165, 1.54) is 6.92 Å². The van der Waals surface area contributed by atoms with Crippen molar-refractivity contribution >= 4 is 23.1 Å². The predicted octanol–water partition coefficient (Wildman–Crippen LogP) is 2.22. The van der Waals surface area contributed by atoms with Gasteiger partial charge in [0.1, 0.15) is 5.84 Å². The van der Waals surface area contributed by atoms with E-state index in [1.807, 2.05) is 37.3 Å². The number of rotatable bonds is 1. The fourth-order valence-corrected chi connectivity index (χ4v) is 1.61. The van der Waals surface area contributed by atoms with E-state index in [0.29, 0.717) is 12.3 Å². The highest BCUT2D eigenvalue weighted by Crippen LogP contribution is 2.20. The summed E-state index contributed by atoms with van der Waals surface area (Å²) in [5.41, 5.74) is 1.89. The average molecular weight is 215 g/mol. The van der Waals surface area contributed by atoms with Crippen molar-refractivity contribution in [3.63, 3.8) is 0 Å². The number of aliphatic imine (C=N–C) groups is 1.